The van der Waals surface area contributed by atoms with Crippen molar-refractivity contribution in [1.29, 1.82) is 0 Å². The predicted octanol–water partition coefficient (Wildman–Crippen LogP) is 1.14. The molecule has 0 spiro atoms. The van der Waals surface area contributed by atoms with Crippen LogP contribution in [0.25, 0.3) is 0 Å². The summed E-state index contributed by atoms with van der Waals surface area (Å²) in [7, 11) is -0.869. The molecule has 0 aromatic carbocycles. The van der Waals surface area contributed by atoms with Gasteiger partial charge in [0, 0.05) is 26.2 Å². The summed E-state index contributed by atoms with van der Waals surface area (Å²) >= 11 is 0. The number of rotatable bonds is 2. The highest BCUT2D eigenvalue weighted by molar-refractivity contribution is 7.89. The van der Waals surface area contributed by atoms with Gasteiger partial charge in [0.05, 0.1) is 5.25 Å². The molecule has 0 aromatic rings. The van der Waals surface area contributed by atoms with E-state index in [2.05, 4.69) is 11.9 Å². The Morgan fingerprint density at radius 1 is 0.889 bits per heavy atom. The molecule has 1 saturated carbocycles. The number of sulfonamides is 1. The molecule has 2 aliphatic heterocycles. The van der Waals surface area contributed by atoms with Crippen LogP contribution in [0.15, 0.2) is 0 Å². The predicted molar refractivity (Wildman–Crippen MR) is 71.8 cm³/mol. The maximum atomic E-state index is 12.6. The molecule has 4 nitrogen and oxygen atoms in total. The van der Waals surface area contributed by atoms with Crippen molar-refractivity contribution in [3.05, 3.63) is 0 Å². The average Bonchev–Trinajstić information content (AvgIpc) is 2.87. The molecule has 2 unspecified atom stereocenters. The van der Waals surface area contributed by atoms with E-state index in [-0.39, 0.29) is 5.25 Å². The van der Waals surface area contributed by atoms with E-state index in [1.807, 2.05) is 4.31 Å². The number of fused-ring (bicyclic) bond motifs is 1. The Hall–Kier alpha value is -0.130. The van der Waals surface area contributed by atoms with E-state index in [0.29, 0.717) is 11.8 Å². The van der Waals surface area contributed by atoms with E-state index in [1.54, 1.807) is 0 Å². The lowest BCUT2D eigenvalue weighted by Crippen LogP contribution is -2.39. The molecule has 0 aromatic heterocycles. The van der Waals surface area contributed by atoms with Gasteiger partial charge in [0.1, 0.15) is 0 Å². The molecular weight excluding hydrogens is 248 g/mol. The average molecular weight is 272 g/mol. The van der Waals surface area contributed by atoms with Gasteiger partial charge in [-0.05, 0) is 31.7 Å². The molecule has 3 fully saturated rings. The number of hydrogen-bond acceptors (Lipinski definition) is 3. The fraction of sp³-hybridized carbons (Fsp3) is 1.00. The molecule has 2 atom stereocenters. The Morgan fingerprint density at radius 3 is 2.00 bits per heavy atom. The second-order valence-electron chi connectivity index (χ2n) is 6.36. The molecule has 0 bridgehead atoms. The monoisotopic (exact) mass is 272 g/mol. The standard InChI is InChI=1S/C13H24N2O2S/c1-14-7-11-9-15(10-12(11)8-14)18(16,17)13-5-3-2-4-6-13/h11-13H,2-10H2,1H3. The van der Waals surface area contributed by atoms with Crippen LogP contribution in [0, 0.1) is 11.8 Å². The molecule has 3 aliphatic rings. The van der Waals surface area contributed by atoms with Crippen LogP contribution < -0.4 is 0 Å². The largest absolute Gasteiger partial charge is 0.306 e. The Labute approximate surface area is 110 Å². The van der Waals surface area contributed by atoms with Crippen LogP contribution in [0.5, 0.6) is 0 Å². The van der Waals surface area contributed by atoms with E-state index >= 15 is 0 Å². The molecule has 0 radical (unpaired) electrons. The van der Waals surface area contributed by atoms with Gasteiger partial charge in [-0.25, -0.2) is 12.7 Å². The van der Waals surface area contributed by atoms with Crippen LogP contribution in [0.1, 0.15) is 32.1 Å². The Morgan fingerprint density at radius 2 is 1.44 bits per heavy atom. The number of likely N-dealkylation sites (tertiary alicyclic amines) is 1. The third kappa shape index (κ3) is 2.21. The van der Waals surface area contributed by atoms with Crippen LogP contribution in [0.2, 0.25) is 0 Å². The molecule has 0 N–H and O–H groups in total. The summed E-state index contributed by atoms with van der Waals surface area (Å²) in [6.07, 6.45) is 5.16. The summed E-state index contributed by atoms with van der Waals surface area (Å²) in [6.45, 7) is 3.68. The van der Waals surface area contributed by atoms with Crippen molar-refractivity contribution in [2.24, 2.45) is 11.8 Å². The van der Waals surface area contributed by atoms with Gasteiger partial charge in [0.2, 0.25) is 10.0 Å². The van der Waals surface area contributed by atoms with Gasteiger partial charge in [0.15, 0.2) is 0 Å². The van der Waals surface area contributed by atoms with E-state index < -0.39 is 10.0 Å². The molecular formula is C13H24N2O2S. The van der Waals surface area contributed by atoms with Gasteiger partial charge in [-0.1, -0.05) is 19.3 Å². The van der Waals surface area contributed by atoms with Crippen LogP contribution in [-0.2, 0) is 10.0 Å². The highest BCUT2D eigenvalue weighted by Crippen LogP contribution is 2.35. The minimum atomic E-state index is -3.01. The van der Waals surface area contributed by atoms with Gasteiger partial charge >= 0.3 is 0 Å². The van der Waals surface area contributed by atoms with Gasteiger partial charge in [-0.2, -0.15) is 0 Å². The molecule has 3 rings (SSSR count). The molecule has 0 amide bonds. The normalized spacial score (nSPS) is 36.1. The fourth-order valence-corrected chi connectivity index (χ4v) is 6.12. The number of hydrogen-bond donors (Lipinski definition) is 0. The summed E-state index contributed by atoms with van der Waals surface area (Å²) in [4.78, 5) is 2.33. The summed E-state index contributed by atoms with van der Waals surface area (Å²) in [6, 6.07) is 0. The fourth-order valence-electron chi connectivity index (χ4n) is 3.97. The van der Waals surface area contributed by atoms with E-state index in [0.717, 1.165) is 51.9 Å². The second kappa shape index (κ2) is 4.76. The lowest BCUT2D eigenvalue weighted by molar-refractivity contribution is 0.344. The SMILES string of the molecule is CN1CC2CN(S(=O)(=O)C3CCCCC3)CC2C1. The van der Waals surface area contributed by atoms with E-state index in [4.69, 9.17) is 0 Å². The molecule has 104 valence electrons. The molecule has 18 heavy (non-hydrogen) atoms. The first-order chi connectivity index (χ1) is 8.57. The maximum absolute atomic E-state index is 12.6. The van der Waals surface area contributed by atoms with Crippen LogP contribution in [0.4, 0.5) is 0 Å². The maximum Gasteiger partial charge on any atom is 0.216 e. The summed E-state index contributed by atoms with van der Waals surface area (Å²) in [5, 5.41) is -0.0807. The van der Waals surface area contributed by atoms with Gasteiger partial charge in [-0.3, -0.25) is 0 Å². The van der Waals surface area contributed by atoms with Crippen molar-refractivity contribution < 1.29 is 8.42 Å². The zero-order chi connectivity index (χ0) is 12.8. The zero-order valence-electron chi connectivity index (χ0n) is 11.2. The van der Waals surface area contributed by atoms with Crippen molar-refractivity contribution in [3.8, 4) is 0 Å². The lowest BCUT2D eigenvalue weighted by atomic mass is 10.0. The molecule has 2 heterocycles. The second-order valence-corrected chi connectivity index (χ2v) is 8.58. The van der Waals surface area contributed by atoms with Gasteiger partial charge in [-0.15, -0.1) is 0 Å². The molecule has 2 saturated heterocycles. The zero-order valence-corrected chi connectivity index (χ0v) is 12.0. The quantitative estimate of drug-likeness (QED) is 0.757. The summed E-state index contributed by atoms with van der Waals surface area (Å²) < 4.78 is 27.0. The van der Waals surface area contributed by atoms with Crippen LogP contribution in [0.3, 0.4) is 0 Å². The molecule has 1 aliphatic carbocycles. The summed E-state index contributed by atoms with van der Waals surface area (Å²) in [5.74, 6) is 1.15. The van der Waals surface area contributed by atoms with E-state index in [9.17, 15) is 8.42 Å². The first-order valence-electron chi connectivity index (χ1n) is 7.25. The Bertz CT molecular complexity index is 389. The van der Waals surface area contributed by atoms with Gasteiger partial charge in [0.25, 0.3) is 0 Å². The highest BCUT2D eigenvalue weighted by atomic mass is 32.2. The van der Waals surface area contributed by atoms with Crippen molar-refractivity contribution in [1.82, 2.24) is 9.21 Å². The highest BCUT2D eigenvalue weighted by Gasteiger charge is 2.44. The summed E-state index contributed by atoms with van der Waals surface area (Å²) in [5.41, 5.74) is 0. The van der Waals surface area contributed by atoms with Crippen molar-refractivity contribution >= 4 is 10.0 Å². The Kier molecular flexibility index (Phi) is 3.41. The van der Waals surface area contributed by atoms with Crippen LogP contribution in [-0.4, -0.2) is 56.1 Å². The minimum Gasteiger partial charge on any atom is -0.306 e. The first-order valence-corrected chi connectivity index (χ1v) is 8.75. The molecule has 5 heteroatoms. The van der Waals surface area contributed by atoms with Crippen molar-refractivity contribution in [2.45, 2.75) is 37.4 Å². The Balaban J connectivity index is 1.68. The van der Waals surface area contributed by atoms with E-state index in [1.165, 1.54) is 6.42 Å². The third-order valence-electron chi connectivity index (χ3n) is 4.97. The lowest BCUT2D eigenvalue weighted by Gasteiger charge is -2.27. The van der Waals surface area contributed by atoms with Crippen LogP contribution >= 0.6 is 0 Å². The first kappa shape index (κ1) is 12.9. The third-order valence-corrected chi connectivity index (χ3v) is 7.30. The van der Waals surface area contributed by atoms with Crippen molar-refractivity contribution in [2.75, 3.05) is 33.2 Å². The van der Waals surface area contributed by atoms with Crippen molar-refractivity contribution in [3.63, 3.8) is 0 Å². The minimum absolute atomic E-state index is 0.0807. The smallest absolute Gasteiger partial charge is 0.216 e. The number of nitrogens with zero attached hydrogens (tertiary/aromatic N) is 2. The topological polar surface area (TPSA) is 40.6 Å². The van der Waals surface area contributed by atoms with Gasteiger partial charge < -0.3 is 4.90 Å².